The number of ether oxygens (including phenoxy) is 2. The van der Waals surface area contributed by atoms with Crippen LogP contribution in [0.3, 0.4) is 0 Å². The van der Waals surface area contributed by atoms with Gasteiger partial charge < -0.3 is 14.8 Å². The Labute approximate surface area is 166 Å². The summed E-state index contributed by atoms with van der Waals surface area (Å²) in [5.41, 5.74) is 2.97. The number of hydrogen-bond donors (Lipinski definition) is 1. The molecule has 3 rings (SSSR count). The molecule has 1 unspecified atom stereocenters. The van der Waals surface area contributed by atoms with E-state index in [1.807, 2.05) is 92.7 Å². The highest BCUT2D eigenvalue weighted by Gasteiger charge is 2.18. The number of anilines is 1. The molecule has 0 aromatic heterocycles. The van der Waals surface area contributed by atoms with E-state index in [2.05, 4.69) is 5.32 Å². The Morgan fingerprint density at radius 2 is 1.54 bits per heavy atom. The van der Waals surface area contributed by atoms with Crippen LogP contribution in [0.25, 0.3) is 0 Å². The standard InChI is InChI=1S/C24H25NO3/c1-3-23(28-22-13-9-18(2)10-14-22)24(26)25-20-11-15-21(16-12-20)27-17-19-7-5-4-6-8-19/h4-16,23H,3,17H2,1-2H3,(H,25,26). The number of aryl methyl sites for hydroxylation is 1. The molecule has 1 N–H and O–H groups in total. The first-order valence-electron chi connectivity index (χ1n) is 9.45. The van der Waals surface area contributed by atoms with Gasteiger partial charge in [0.2, 0.25) is 0 Å². The normalized spacial score (nSPS) is 11.5. The van der Waals surface area contributed by atoms with E-state index in [4.69, 9.17) is 9.47 Å². The Kier molecular flexibility index (Phi) is 6.68. The smallest absolute Gasteiger partial charge is 0.265 e. The van der Waals surface area contributed by atoms with Gasteiger partial charge in [-0.25, -0.2) is 0 Å². The van der Waals surface area contributed by atoms with Crippen molar-refractivity contribution in [2.45, 2.75) is 33.0 Å². The number of nitrogens with one attached hydrogen (secondary N) is 1. The molecular weight excluding hydrogens is 350 g/mol. The molecule has 28 heavy (non-hydrogen) atoms. The SMILES string of the molecule is CCC(Oc1ccc(C)cc1)C(=O)Nc1ccc(OCc2ccccc2)cc1. The van der Waals surface area contributed by atoms with Crippen LogP contribution in [0, 0.1) is 6.92 Å². The third-order valence-electron chi connectivity index (χ3n) is 4.33. The minimum Gasteiger partial charge on any atom is -0.489 e. The first-order valence-corrected chi connectivity index (χ1v) is 9.45. The highest BCUT2D eigenvalue weighted by Crippen LogP contribution is 2.19. The molecule has 4 heteroatoms. The molecule has 0 aliphatic carbocycles. The fourth-order valence-corrected chi connectivity index (χ4v) is 2.70. The lowest BCUT2D eigenvalue weighted by atomic mass is 10.2. The first kappa shape index (κ1) is 19.5. The topological polar surface area (TPSA) is 47.6 Å². The van der Waals surface area contributed by atoms with Crippen molar-refractivity contribution in [3.05, 3.63) is 90.0 Å². The van der Waals surface area contributed by atoms with E-state index in [0.29, 0.717) is 24.5 Å². The van der Waals surface area contributed by atoms with Gasteiger partial charge in [-0.15, -0.1) is 0 Å². The zero-order valence-corrected chi connectivity index (χ0v) is 16.2. The third kappa shape index (κ3) is 5.61. The fourth-order valence-electron chi connectivity index (χ4n) is 2.70. The summed E-state index contributed by atoms with van der Waals surface area (Å²) in [7, 11) is 0. The van der Waals surface area contributed by atoms with Crippen LogP contribution in [-0.4, -0.2) is 12.0 Å². The van der Waals surface area contributed by atoms with E-state index in [1.54, 1.807) is 0 Å². The van der Waals surface area contributed by atoms with Gasteiger partial charge in [-0.05, 0) is 55.3 Å². The van der Waals surface area contributed by atoms with Crippen LogP contribution in [0.2, 0.25) is 0 Å². The summed E-state index contributed by atoms with van der Waals surface area (Å²) in [5, 5.41) is 2.91. The molecule has 4 nitrogen and oxygen atoms in total. The van der Waals surface area contributed by atoms with Gasteiger partial charge in [-0.1, -0.05) is 55.0 Å². The van der Waals surface area contributed by atoms with E-state index in [-0.39, 0.29) is 5.91 Å². The maximum Gasteiger partial charge on any atom is 0.265 e. The molecule has 0 heterocycles. The second-order valence-corrected chi connectivity index (χ2v) is 6.62. The summed E-state index contributed by atoms with van der Waals surface area (Å²) >= 11 is 0. The number of rotatable bonds is 8. The lowest BCUT2D eigenvalue weighted by Gasteiger charge is -2.17. The van der Waals surface area contributed by atoms with E-state index in [1.165, 1.54) is 0 Å². The molecule has 0 fully saturated rings. The van der Waals surface area contributed by atoms with Crippen LogP contribution in [-0.2, 0) is 11.4 Å². The third-order valence-corrected chi connectivity index (χ3v) is 4.33. The van der Waals surface area contributed by atoms with Gasteiger partial charge in [0.25, 0.3) is 5.91 Å². The van der Waals surface area contributed by atoms with E-state index in [9.17, 15) is 4.79 Å². The van der Waals surface area contributed by atoms with Crippen LogP contribution in [0.4, 0.5) is 5.69 Å². The number of carbonyl (C=O) groups excluding carboxylic acids is 1. The highest BCUT2D eigenvalue weighted by atomic mass is 16.5. The molecule has 0 aliphatic heterocycles. The molecule has 3 aromatic rings. The molecule has 0 saturated heterocycles. The molecule has 0 aliphatic rings. The van der Waals surface area contributed by atoms with E-state index >= 15 is 0 Å². The van der Waals surface area contributed by atoms with Crippen LogP contribution >= 0.6 is 0 Å². The van der Waals surface area contributed by atoms with Crippen molar-refractivity contribution in [1.29, 1.82) is 0 Å². The van der Waals surface area contributed by atoms with Gasteiger partial charge in [0, 0.05) is 5.69 Å². The highest BCUT2D eigenvalue weighted by molar-refractivity contribution is 5.94. The minimum absolute atomic E-state index is 0.166. The Balaban J connectivity index is 1.54. The van der Waals surface area contributed by atoms with Gasteiger partial charge in [0.15, 0.2) is 6.10 Å². The van der Waals surface area contributed by atoms with Crippen molar-refractivity contribution in [2.24, 2.45) is 0 Å². The summed E-state index contributed by atoms with van der Waals surface area (Å²) in [4.78, 5) is 12.5. The predicted molar refractivity (Wildman–Crippen MR) is 112 cm³/mol. The Morgan fingerprint density at radius 3 is 2.18 bits per heavy atom. The Bertz CT molecular complexity index is 874. The molecule has 1 amide bonds. The van der Waals surface area contributed by atoms with E-state index in [0.717, 1.165) is 16.9 Å². The summed E-state index contributed by atoms with van der Waals surface area (Å²) < 4.78 is 11.6. The minimum atomic E-state index is -0.545. The van der Waals surface area contributed by atoms with E-state index < -0.39 is 6.10 Å². The predicted octanol–water partition coefficient (Wildman–Crippen LogP) is 5.37. The molecule has 0 radical (unpaired) electrons. The number of hydrogen-bond acceptors (Lipinski definition) is 3. The number of carbonyl (C=O) groups is 1. The zero-order valence-electron chi connectivity index (χ0n) is 16.2. The van der Waals surface area contributed by atoms with Gasteiger partial charge in [-0.2, -0.15) is 0 Å². The molecule has 0 bridgehead atoms. The van der Waals surface area contributed by atoms with Crippen LogP contribution < -0.4 is 14.8 Å². The first-order chi connectivity index (χ1) is 13.6. The van der Waals surface area contributed by atoms with Crippen molar-refractivity contribution in [1.82, 2.24) is 0 Å². The summed E-state index contributed by atoms with van der Waals surface area (Å²) in [5.74, 6) is 1.28. The Morgan fingerprint density at radius 1 is 0.893 bits per heavy atom. The monoisotopic (exact) mass is 375 g/mol. The maximum absolute atomic E-state index is 12.5. The largest absolute Gasteiger partial charge is 0.489 e. The molecular formula is C24H25NO3. The summed E-state index contributed by atoms with van der Waals surface area (Å²) in [6.07, 6.45) is 0.0366. The quantitative estimate of drug-likeness (QED) is 0.576. The average molecular weight is 375 g/mol. The van der Waals surface area contributed by atoms with Crippen molar-refractivity contribution in [3.8, 4) is 11.5 Å². The molecule has 1 atom stereocenters. The lowest BCUT2D eigenvalue weighted by molar-refractivity contribution is -0.122. The number of amides is 1. The summed E-state index contributed by atoms with van der Waals surface area (Å²) in [6, 6.07) is 25.0. The van der Waals surface area contributed by atoms with Gasteiger partial charge in [-0.3, -0.25) is 4.79 Å². The van der Waals surface area contributed by atoms with Crippen LogP contribution in [0.1, 0.15) is 24.5 Å². The maximum atomic E-state index is 12.5. The summed E-state index contributed by atoms with van der Waals surface area (Å²) in [6.45, 7) is 4.45. The van der Waals surface area contributed by atoms with Gasteiger partial charge in [0.05, 0.1) is 0 Å². The van der Waals surface area contributed by atoms with Crippen molar-refractivity contribution >= 4 is 11.6 Å². The molecule has 144 valence electrons. The van der Waals surface area contributed by atoms with Crippen LogP contribution in [0.15, 0.2) is 78.9 Å². The zero-order chi connectivity index (χ0) is 19.8. The van der Waals surface area contributed by atoms with Gasteiger partial charge >= 0.3 is 0 Å². The fraction of sp³-hybridized carbons (Fsp3) is 0.208. The van der Waals surface area contributed by atoms with Crippen molar-refractivity contribution in [3.63, 3.8) is 0 Å². The van der Waals surface area contributed by atoms with Crippen molar-refractivity contribution < 1.29 is 14.3 Å². The number of benzene rings is 3. The molecule has 0 saturated carbocycles. The second-order valence-electron chi connectivity index (χ2n) is 6.62. The van der Waals surface area contributed by atoms with Crippen molar-refractivity contribution in [2.75, 3.05) is 5.32 Å². The lowest BCUT2D eigenvalue weighted by Crippen LogP contribution is -2.32. The average Bonchev–Trinajstić information content (AvgIpc) is 2.73. The second kappa shape index (κ2) is 9.60. The molecule has 3 aromatic carbocycles. The van der Waals surface area contributed by atoms with Gasteiger partial charge in [0.1, 0.15) is 18.1 Å². The van der Waals surface area contributed by atoms with Crippen LogP contribution in [0.5, 0.6) is 11.5 Å². The molecule has 0 spiro atoms. The Hall–Kier alpha value is -3.27.